The molecule has 0 aliphatic heterocycles. The molecular weight excluding hydrogens is 271 g/mol. The van der Waals surface area contributed by atoms with Crippen molar-refractivity contribution in [3.63, 3.8) is 0 Å². The van der Waals surface area contributed by atoms with E-state index >= 15 is 0 Å². The van der Waals surface area contributed by atoms with E-state index in [1.54, 1.807) is 24.3 Å². The van der Waals surface area contributed by atoms with Gasteiger partial charge in [-0.2, -0.15) is 0 Å². The van der Waals surface area contributed by atoms with Crippen LogP contribution in [0.5, 0.6) is 0 Å². The normalized spacial score (nSPS) is 10.1. The third-order valence-corrected chi connectivity index (χ3v) is 3.23. The van der Waals surface area contributed by atoms with Gasteiger partial charge in [0.2, 0.25) is 0 Å². The Morgan fingerprint density at radius 2 is 1.67 bits per heavy atom. The maximum absolute atomic E-state index is 12.3. The quantitative estimate of drug-likeness (QED) is 0.627. The molecule has 0 bridgehead atoms. The molecule has 0 unspecified atom stereocenters. The predicted octanol–water partition coefficient (Wildman–Crippen LogP) is 4.04. The van der Waals surface area contributed by atoms with Crippen LogP contribution < -0.4 is 0 Å². The number of ketones is 1. The van der Waals surface area contributed by atoms with Crippen molar-refractivity contribution in [2.45, 2.75) is 0 Å². The fraction of sp³-hybridized carbons (Fsp3) is 0. The first kappa shape index (κ1) is 12.8. The lowest BCUT2D eigenvalue weighted by Crippen LogP contribution is -2.04. The van der Waals surface area contributed by atoms with Gasteiger partial charge in [-0.05, 0) is 12.1 Å². The first-order valence-electron chi connectivity index (χ1n) is 5.18. The lowest BCUT2D eigenvalue weighted by Gasteiger charge is -2.07. The first-order chi connectivity index (χ1) is 8.65. The van der Waals surface area contributed by atoms with E-state index in [1.165, 1.54) is 12.1 Å². The van der Waals surface area contributed by atoms with E-state index in [-0.39, 0.29) is 27.0 Å². The molecule has 0 aromatic heterocycles. The van der Waals surface area contributed by atoms with Crippen LogP contribution in [-0.4, -0.2) is 12.1 Å². The average Bonchev–Trinajstić information content (AvgIpc) is 2.40. The van der Waals surface area contributed by atoms with Gasteiger partial charge in [0.15, 0.2) is 12.1 Å². The van der Waals surface area contributed by atoms with E-state index in [4.69, 9.17) is 23.2 Å². The Kier molecular flexibility index (Phi) is 3.80. The van der Waals surface area contributed by atoms with Gasteiger partial charge >= 0.3 is 0 Å². The van der Waals surface area contributed by atoms with E-state index in [0.29, 0.717) is 11.8 Å². The number of aldehydes is 1. The molecule has 2 rings (SSSR count). The molecule has 0 aliphatic carbocycles. The van der Waals surface area contributed by atoms with Gasteiger partial charge in [0, 0.05) is 11.1 Å². The summed E-state index contributed by atoms with van der Waals surface area (Å²) < 4.78 is 0. The Morgan fingerprint density at radius 3 is 2.28 bits per heavy atom. The van der Waals surface area contributed by atoms with E-state index in [9.17, 15) is 9.59 Å². The first-order valence-corrected chi connectivity index (χ1v) is 5.93. The van der Waals surface area contributed by atoms with Crippen LogP contribution in [0.15, 0.2) is 42.5 Å². The number of hydrogen-bond acceptors (Lipinski definition) is 2. The summed E-state index contributed by atoms with van der Waals surface area (Å²) in [7, 11) is 0. The second kappa shape index (κ2) is 5.34. The maximum Gasteiger partial charge on any atom is 0.196 e. The van der Waals surface area contributed by atoms with Crippen LogP contribution in [0.4, 0.5) is 0 Å². The second-order valence-corrected chi connectivity index (χ2v) is 4.42. The highest BCUT2D eigenvalue weighted by molar-refractivity contribution is 6.42. The molecule has 2 aromatic rings. The minimum Gasteiger partial charge on any atom is -0.298 e. The fourth-order valence-corrected chi connectivity index (χ4v) is 2.19. The SMILES string of the molecule is O=Cc1ccc(Cl)c(C(=O)c2ccccc2)c1Cl. The van der Waals surface area contributed by atoms with Crippen molar-refractivity contribution in [3.8, 4) is 0 Å². The molecule has 18 heavy (non-hydrogen) atoms. The fourth-order valence-electron chi connectivity index (χ4n) is 1.60. The van der Waals surface area contributed by atoms with E-state index < -0.39 is 0 Å². The minimum atomic E-state index is -0.297. The lowest BCUT2D eigenvalue weighted by atomic mass is 10.0. The van der Waals surface area contributed by atoms with Crippen LogP contribution in [0.3, 0.4) is 0 Å². The third-order valence-electron chi connectivity index (χ3n) is 2.51. The molecule has 0 saturated carbocycles. The van der Waals surface area contributed by atoms with Crippen LogP contribution in [0.1, 0.15) is 26.3 Å². The van der Waals surface area contributed by atoms with Crippen LogP contribution in [0, 0.1) is 0 Å². The van der Waals surface area contributed by atoms with E-state index in [1.807, 2.05) is 6.07 Å². The average molecular weight is 279 g/mol. The van der Waals surface area contributed by atoms with Crippen molar-refractivity contribution in [2.24, 2.45) is 0 Å². The molecule has 2 aromatic carbocycles. The number of carbonyl (C=O) groups is 2. The summed E-state index contributed by atoms with van der Waals surface area (Å²) in [4.78, 5) is 23.1. The summed E-state index contributed by atoms with van der Waals surface area (Å²) in [5, 5.41) is 0.325. The molecule has 0 spiro atoms. The highest BCUT2D eigenvalue weighted by Gasteiger charge is 2.18. The third kappa shape index (κ3) is 2.30. The summed E-state index contributed by atoms with van der Waals surface area (Å²) in [6, 6.07) is 11.6. The molecule has 0 radical (unpaired) electrons. The molecule has 0 heterocycles. The van der Waals surface area contributed by atoms with Crippen molar-refractivity contribution in [1.82, 2.24) is 0 Å². The van der Waals surface area contributed by atoms with Crippen LogP contribution in [-0.2, 0) is 0 Å². The van der Waals surface area contributed by atoms with Gasteiger partial charge in [-0.25, -0.2) is 0 Å². The number of rotatable bonds is 3. The second-order valence-electron chi connectivity index (χ2n) is 3.64. The summed E-state index contributed by atoms with van der Waals surface area (Å²) in [6.07, 6.45) is 0.598. The molecule has 90 valence electrons. The van der Waals surface area contributed by atoms with Gasteiger partial charge in [-0.15, -0.1) is 0 Å². The lowest BCUT2D eigenvalue weighted by molar-refractivity contribution is 0.103. The standard InChI is InChI=1S/C14H8Cl2O2/c15-11-7-6-10(8-17)13(16)12(11)14(18)9-4-2-1-3-5-9/h1-8H. The molecule has 0 atom stereocenters. The molecule has 0 N–H and O–H groups in total. The van der Waals surface area contributed by atoms with Crippen LogP contribution >= 0.6 is 23.2 Å². The van der Waals surface area contributed by atoms with Gasteiger partial charge in [-0.1, -0.05) is 53.5 Å². The van der Waals surface area contributed by atoms with Crippen molar-refractivity contribution in [3.05, 3.63) is 69.2 Å². The Hall–Kier alpha value is -1.64. The number of benzene rings is 2. The topological polar surface area (TPSA) is 34.1 Å². The smallest absolute Gasteiger partial charge is 0.196 e. The molecule has 0 amide bonds. The molecule has 2 nitrogen and oxygen atoms in total. The van der Waals surface area contributed by atoms with E-state index in [0.717, 1.165) is 0 Å². The zero-order valence-corrected chi connectivity index (χ0v) is 10.7. The zero-order valence-electron chi connectivity index (χ0n) is 9.19. The Labute approximate surface area is 114 Å². The molecule has 0 aliphatic rings. The maximum atomic E-state index is 12.3. The largest absolute Gasteiger partial charge is 0.298 e. The summed E-state index contributed by atoms with van der Waals surface area (Å²) in [6.45, 7) is 0. The monoisotopic (exact) mass is 278 g/mol. The summed E-state index contributed by atoms with van der Waals surface area (Å²) in [5.41, 5.74) is 0.888. The van der Waals surface area contributed by atoms with Crippen LogP contribution in [0.2, 0.25) is 10.0 Å². The number of hydrogen-bond donors (Lipinski definition) is 0. The Bertz CT molecular complexity index is 607. The number of carbonyl (C=O) groups excluding carboxylic acids is 2. The Balaban J connectivity index is 2.58. The summed E-state index contributed by atoms with van der Waals surface area (Å²) in [5.74, 6) is -0.297. The molecular formula is C14H8Cl2O2. The number of halogens is 2. The van der Waals surface area contributed by atoms with E-state index in [2.05, 4.69) is 0 Å². The molecule has 0 saturated heterocycles. The van der Waals surface area contributed by atoms with Gasteiger partial charge in [0.05, 0.1) is 15.6 Å². The zero-order chi connectivity index (χ0) is 13.1. The molecule has 0 fully saturated rings. The highest BCUT2D eigenvalue weighted by Crippen LogP contribution is 2.29. The Morgan fingerprint density at radius 1 is 1.00 bits per heavy atom. The van der Waals surface area contributed by atoms with Crippen molar-refractivity contribution in [2.75, 3.05) is 0 Å². The molecule has 4 heteroatoms. The van der Waals surface area contributed by atoms with Crippen molar-refractivity contribution in [1.29, 1.82) is 0 Å². The highest BCUT2D eigenvalue weighted by atomic mass is 35.5. The predicted molar refractivity (Wildman–Crippen MR) is 71.7 cm³/mol. The van der Waals surface area contributed by atoms with Crippen LogP contribution in [0.25, 0.3) is 0 Å². The van der Waals surface area contributed by atoms with Crippen molar-refractivity contribution < 1.29 is 9.59 Å². The van der Waals surface area contributed by atoms with Gasteiger partial charge in [0.1, 0.15) is 0 Å². The van der Waals surface area contributed by atoms with Gasteiger partial charge in [0.25, 0.3) is 0 Å². The van der Waals surface area contributed by atoms with Gasteiger partial charge < -0.3 is 0 Å². The van der Waals surface area contributed by atoms with Gasteiger partial charge in [-0.3, -0.25) is 9.59 Å². The van der Waals surface area contributed by atoms with Crippen molar-refractivity contribution >= 4 is 35.3 Å². The summed E-state index contributed by atoms with van der Waals surface area (Å²) >= 11 is 12.0. The minimum absolute atomic E-state index is 0.0892.